The molecule has 0 aliphatic heterocycles. The minimum absolute atomic E-state index is 0.00773. The molecule has 3 amide bonds. The van der Waals surface area contributed by atoms with E-state index in [-0.39, 0.29) is 24.3 Å². The van der Waals surface area contributed by atoms with E-state index < -0.39 is 0 Å². The van der Waals surface area contributed by atoms with Crippen LogP contribution in [0.1, 0.15) is 26.7 Å². The number of rotatable bonds is 13. The molecule has 0 saturated carbocycles. The fourth-order valence-electron chi connectivity index (χ4n) is 1.35. The Kier molecular flexibility index (Phi) is 13.2. The van der Waals surface area contributed by atoms with Gasteiger partial charge in [0.1, 0.15) is 6.61 Å². The van der Waals surface area contributed by atoms with Crippen molar-refractivity contribution in [2.45, 2.75) is 26.7 Å². The summed E-state index contributed by atoms with van der Waals surface area (Å²) < 4.78 is 10.4. The lowest BCUT2D eigenvalue weighted by atomic mass is 10.4. The smallest absolute Gasteiger partial charge is 0.246 e. The van der Waals surface area contributed by atoms with E-state index in [2.05, 4.69) is 16.0 Å². The van der Waals surface area contributed by atoms with Crippen LogP contribution in [0.3, 0.4) is 0 Å². The largest absolute Gasteiger partial charge is 0.377 e. The van der Waals surface area contributed by atoms with Gasteiger partial charge in [0.05, 0.1) is 19.8 Å². The maximum atomic E-state index is 11.4. The average molecular weight is 317 g/mol. The van der Waals surface area contributed by atoms with Gasteiger partial charge in [-0.2, -0.15) is 0 Å². The van der Waals surface area contributed by atoms with Crippen LogP contribution < -0.4 is 16.0 Å². The lowest BCUT2D eigenvalue weighted by Gasteiger charge is -2.08. The van der Waals surface area contributed by atoms with Crippen molar-refractivity contribution in [1.82, 2.24) is 16.0 Å². The van der Waals surface area contributed by atoms with Crippen molar-refractivity contribution in [3.63, 3.8) is 0 Å². The molecule has 0 heterocycles. The highest BCUT2D eigenvalue weighted by molar-refractivity contribution is 5.77. The fraction of sp³-hybridized carbons (Fsp3) is 0.786. The van der Waals surface area contributed by atoms with Gasteiger partial charge < -0.3 is 25.4 Å². The van der Waals surface area contributed by atoms with Gasteiger partial charge in [0.2, 0.25) is 17.7 Å². The zero-order valence-electron chi connectivity index (χ0n) is 13.4. The second-order valence-electron chi connectivity index (χ2n) is 4.42. The third-order valence-corrected chi connectivity index (χ3v) is 2.59. The Morgan fingerprint density at radius 3 is 1.77 bits per heavy atom. The maximum Gasteiger partial charge on any atom is 0.246 e. The summed E-state index contributed by atoms with van der Waals surface area (Å²) in [6.07, 6.45) is 0.888. The molecule has 8 heteroatoms. The lowest BCUT2D eigenvalue weighted by Crippen LogP contribution is -2.36. The first-order chi connectivity index (χ1) is 10.6. The second kappa shape index (κ2) is 14.3. The van der Waals surface area contributed by atoms with Crippen LogP contribution in [-0.2, 0) is 23.9 Å². The summed E-state index contributed by atoms with van der Waals surface area (Å²) in [6, 6.07) is 0. The number of ether oxygens (including phenoxy) is 2. The van der Waals surface area contributed by atoms with Gasteiger partial charge >= 0.3 is 0 Å². The van der Waals surface area contributed by atoms with Gasteiger partial charge in [-0.05, 0) is 0 Å². The van der Waals surface area contributed by atoms with Crippen LogP contribution in [0.25, 0.3) is 0 Å². The zero-order chi connectivity index (χ0) is 16.6. The number of carbonyl (C=O) groups excluding carboxylic acids is 3. The van der Waals surface area contributed by atoms with Crippen LogP contribution in [0.2, 0.25) is 0 Å². The van der Waals surface area contributed by atoms with Crippen LogP contribution >= 0.6 is 0 Å². The monoisotopic (exact) mass is 317 g/mol. The van der Waals surface area contributed by atoms with E-state index in [0.29, 0.717) is 52.3 Å². The highest BCUT2D eigenvalue weighted by Crippen LogP contribution is 1.80. The standard InChI is InChI=1S/C14H27N3O5/c1-3-12(18)15-5-6-16-14(20)11-22-10-9-21-8-7-17-13(19)4-2/h3-11H2,1-2H3,(H,15,18)(H,16,20)(H,17,19). The quantitative estimate of drug-likeness (QED) is 0.385. The molecule has 0 aliphatic carbocycles. The molecule has 0 aromatic heterocycles. The van der Waals surface area contributed by atoms with E-state index in [9.17, 15) is 14.4 Å². The number of nitrogens with one attached hydrogen (secondary N) is 3. The minimum atomic E-state index is -0.235. The summed E-state index contributed by atoms with van der Waals surface area (Å²) in [5.41, 5.74) is 0. The molecule has 0 bridgehead atoms. The Morgan fingerprint density at radius 1 is 0.682 bits per heavy atom. The van der Waals surface area contributed by atoms with E-state index in [1.807, 2.05) is 0 Å². The van der Waals surface area contributed by atoms with Crippen LogP contribution in [0, 0.1) is 0 Å². The number of carbonyl (C=O) groups is 3. The third kappa shape index (κ3) is 13.3. The van der Waals surface area contributed by atoms with Crippen molar-refractivity contribution >= 4 is 17.7 Å². The highest BCUT2D eigenvalue weighted by atomic mass is 16.5. The molecule has 0 spiro atoms. The van der Waals surface area contributed by atoms with E-state index in [0.717, 1.165) is 0 Å². The second-order valence-corrected chi connectivity index (χ2v) is 4.42. The highest BCUT2D eigenvalue weighted by Gasteiger charge is 2.01. The number of hydrogen-bond donors (Lipinski definition) is 3. The van der Waals surface area contributed by atoms with E-state index in [4.69, 9.17) is 9.47 Å². The van der Waals surface area contributed by atoms with Crippen molar-refractivity contribution in [3.8, 4) is 0 Å². The summed E-state index contributed by atoms with van der Waals surface area (Å²) in [5, 5.41) is 7.96. The molecular weight excluding hydrogens is 290 g/mol. The fourth-order valence-corrected chi connectivity index (χ4v) is 1.35. The summed E-state index contributed by atoms with van der Waals surface area (Å²) in [6.45, 7) is 5.84. The SMILES string of the molecule is CCC(=O)NCCNC(=O)COCCOCCNC(=O)CC. The normalized spacial score (nSPS) is 10.1. The predicted octanol–water partition coefficient (Wildman–Crippen LogP) is -0.812. The maximum absolute atomic E-state index is 11.4. The first-order valence-electron chi connectivity index (χ1n) is 7.55. The molecule has 0 aliphatic rings. The molecule has 22 heavy (non-hydrogen) atoms. The van der Waals surface area contributed by atoms with Gasteiger partial charge in [-0.1, -0.05) is 13.8 Å². The Morgan fingerprint density at radius 2 is 1.18 bits per heavy atom. The number of amides is 3. The Balaban J connectivity index is 3.28. The molecule has 128 valence electrons. The van der Waals surface area contributed by atoms with E-state index >= 15 is 0 Å². The molecule has 0 aromatic carbocycles. The van der Waals surface area contributed by atoms with Gasteiger partial charge in [-0.3, -0.25) is 14.4 Å². The van der Waals surface area contributed by atoms with Gasteiger partial charge in [0.25, 0.3) is 0 Å². The topological polar surface area (TPSA) is 106 Å². The van der Waals surface area contributed by atoms with Crippen LogP contribution in [0.5, 0.6) is 0 Å². The van der Waals surface area contributed by atoms with Gasteiger partial charge in [-0.25, -0.2) is 0 Å². The van der Waals surface area contributed by atoms with Crippen molar-refractivity contribution in [1.29, 1.82) is 0 Å². The molecular formula is C14H27N3O5. The van der Waals surface area contributed by atoms with Crippen LogP contribution in [0.4, 0.5) is 0 Å². The molecule has 0 fully saturated rings. The van der Waals surface area contributed by atoms with Crippen LogP contribution in [-0.4, -0.2) is 63.8 Å². The molecule has 0 saturated heterocycles. The van der Waals surface area contributed by atoms with E-state index in [1.54, 1.807) is 13.8 Å². The van der Waals surface area contributed by atoms with Gasteiger partial charge in [-0.15, -0.1) is 0 Å². The van der Waals surface area contributed by atoms with Crippen molar-refractivity contribution in [3.05, 3.63) is 0 Å². The summed E-state index contributed by atoms with van der Waals surface area (Å²) in [7, 11) is 0. The Hall–Kier alpha value is -1.67. The molecule has 3 N–H and O–H groups in total. The first-order valence-corrected chi connectivity index (χ1v) is 7.55. The summed E-state index contributed by atoms with van der Waals surface area (Å²) in [5.74, 6) is -0.287. The van der Waals surface area contributed by atoms with Crippen molar-refractivity contribution < 1.29 is 23.9 Å². The molecule has 0 unspecified atom stereocenters. The lowest BCUT2D eigenvalue weighted by molar-refractivity contribution is -0.126. The summed E-state index contributed by atoms with van der Waals surface area (Å²) in [4.78, 5) is 33.2. The molecule has 0 rings (SSSR count). The molecule has 0 atom stereocenters. The minimum Gasteiger partial charge on any atom is -0.377 e. The first kappa shape index (κ1) is 20.3. The van der Waals surface area contributed by atoms with Crippen LogP contribution in [0.15, 0.2) is 0 Å². The molecule has 0 aromatic rings. The summed E-state index contributed by atoms with van der Waals surface area (Å²) >= 11 is 0. The molecule has 0 radical (unpaired) electrons. The number of hydrogen-bond acceptors (Lipinski definition) is 5. The van der Waals surface area contributed by atoms with Crippen molar-refractivity contribution in [2.24, 2.45) is 0 Å². The third-order valence-electron chi connectivity index (χ3n) is 2.59. The average Bonchev–Trinajstić information content (AvgIpc) is 2.53. The van der Waals surface area contributed by atoms with Crippen molar-refractivity contribution in [2.75, 3.05) is 46.1 Å². The predicted molar refractivity (Wildman–Crippen MR) is 81.2 cm³/mol. The van der Waals surface area contributed by atoms with E-state index in [1.165, 1.54) is 0 Å². The Bertz CT molecular complexity index is 336. The van der Waals surface area contributed by atoms with Gasteiger partial charge in [0, 0.05) is 32.5 Å². The molecule has 8 nitrogen and oxygen atoms in total. The Labute approximate surface area is 131 Å². The van der Waals surface area contributed by atoms with Gasteiger partial charge in [0.15, 0.2) is 0 Å². The zero-order valence-corrected chi connectivity index (χ0v) is 13.4.